The van der Waals surface area contributed by atoms with Gasteiger partial charge < -0.3 is 31.3 Å². The zero-order valence-electron chi connectivity index (χ0n) is 27.5. The van der Waals surface area contributed by atoms with Gasteiger partial charge >= 0.3 is 0 Å². The Morgan fingerprint density at radius 2 is 1.74 bits per heavy atom. The van der Waals surface area contributed by atoms with Gasteiger partial charge in [-0.3, -0.25) is 4.98 Å². The molecule has 2 aromatic carbocycles. The van der Waals surface area contributed by atoms with Crippen LogP contribution in [0.15, 0.2) is 61.3 Å². The standard InChI is InChI=1S/C38H52N2O2.BrH/c1-9-11-18-42-36(32-14-16-39-34-13-12-31(41)23-33(32)34)35-21-28-15-17-40(35,25-27(28)10-2)24-26-19-29(37(3,4)5)22-30(20-26)38(6,7)8;/h10,12-14,16,19-20,22-23,27-28,35-36H,2,9,11,15,17-18,21,24-25H2,1,3-8H3;1H/t27-,28-,35+,36-,40?;/m0./s1. The summed E-state index contributed by atoms with van der Waals surface area (Å²) in [6.07, 6.45) is 8.58. The van der Waals surface area contributed by atoms with E-state index in [0.29, 0.717) is 17.9 Å². The molecule has 4 nitrogen and oxygen atoms in total. The number of hydrogen-bond acceptors (Lipinski definition) is 3. The molecule has 3 saturated heterocycles. The minimum absolute atomic E-state index is 0. The lowest BCUT2D eigenvalue weighted by Crippen LogP contribution is -3.00. The first-order valence-corrected chi connectivity index (χ1v) is 16.2. The maximum Gasteiger partial charge on any atom is 0.135 e. The molecule has 4 heterocycles. The highest BCUT2D eigenvalue weighted by Gasteiger charge is 2.54. The number of aromatic nitrogens is 1. The van der Waals surface area contributed by atoms with E-state index in [-0.39, 0.29) is 39.7 Å². The molecule has 1 N–H and O–H groups in total. The highest BCUT2D eigenvalue weighted by Crippen LogP contribution is 2.49. The van der Waals surface area contributed by atoms with Crippen molar-refractivity contribution in [1.29, 1.82) is 0 Å². The van der Waals surface area contributed by atoms with Gasteiger partial charge in [-0.05, 0) is 76.3 Å². The van der Waals surface area contributed by atoms with E-state index >= 15 is 0 Å². The van der Waals surface area contributed by atoms with Crippen LogP contribution in [0.5, 0.6) is 5.75 Å². The average molecular weight is 650 g/mol. The fourth-order valence-electron chi connectivity index (χ4n) is 7.54. The van der Waals surface area contributed by atoms with Gasteiger partial charge in [-0.25, -0.2) is 0 Å². The minimum atomic E-state index is -0.0645. The van der Waals surface area contributed by atoms with E-state index in [2.05, 4.69) is 90.4 Å². The lowest BCUT2D eigenvalue weighted by atomic mass is 9.70. The minimum Gasteiger partial charge on any atom is -1.00 e. The molecular formula is C38H53BrN2O2. The summed E-state index contributed by atoms with van der Waals surface area (Å²) in [5.74, 6) is 1.44. The van der Waals surface area contributed by atoms with Gasteiger partial charge in [-0.1, -0.05) is 67.0 Å². The molecule has 6 rings (SSSR count). The largest absolute Gasteiger partial charge is 1.00 e. The van der Waals surface area contributed by atoms with Crippen LogP contribution >= 0.6 is 0 Å². The topological polar surface area (TPSA) is 42.4 Å². The first kappa shape index (κ1) is 33.7. The molecule has 3 fully saturated rings. The Labute approximate surface area is 270 Å². The third-order valence-electron chi connectivity index (χ3n) is 10.1. The fourth-order valence-corrected chi connectivity index (χ4v) is 7.54. The number of unbranched alkanes of at least 4 members (excludes halogenated alkanes) is 1. The second kappa shape index (κ2) is 13.0. The number of halogens is 1. The van der Waals surface area contributed by atoms with Crippen molar-refractivity contribution in [1.82, 2.24) is 4.98 Å². The summed E-state index contributed by atoms with van der Waals surface area (Å²) < 4.78 is 7.96. The zero-order valence-corrected chi connectivity index (χ0v) is 29.1. The molecule has 0 amide bonds. The molecule has 2 bridgehead atoms. The predicted octanol–water partition coefficient (Wildman–Crippen LogP) is 6.01. The van der Waals surface area contributed by atoms with Crippen LogP contribution in [0.25, 0.3) is 10.9 Å². The summed E-state index contributed by atoms with van der Waals surface area (Å²) in [6.45, 7) is 24.5. The van der Waals surface area contributed by atoms with Crippen LogP contribution in [0.3, 0.4) is 0 Å². The van der Waals surface area contributed by atoms with Crippen molar-refractivity contribution in [2.24, 2.45) is 11.8 Å². The van der Waals surface area contributed by atoms with Crippen LogP contribution in [-0.2, 0) is 22.1 Å². The molecule has 5 atom stereocenters. The number of benzene rings is 2. The molecule has 5 heteroatoms. The van der Waals surface area contributed by atoms with Crippen molar-refractivity contribution in [3.63, 3.8) is 0 Å². The zero-order chi connectivity index (χ0) is 30.3. The van der Waals surface area contributed by atoms with Crippen molar-refractivity contribution in [2.75, 3.05) is 19.7 Å². The molecule has 0 spiro atoms. The monoisotopic (exact) mass is 648 g/mol. The Kier molecular flexibility index (Phi) is 10.2. The highest BCUT2D eigenvalue weighted by molar-refractivity contribution is 5.83. The number of phenolic OH excluding ortho intramolecular Hbond substituents is 1. The van der Waals surface area contributed by atoms with E-state index in [1.54, 1.807) is 6.07 Å². The van der Waals surface area contributed by atoms with Gasteiger partial charge in [-0.2, -0.15) is 0 Å². The van der Waals surface area contributed by atoms with Crippen molar-refractivity contribution in [3.8, 4) is 5.75 Å². The fraction of sp³-hybridized carbons (Fsp3) is 0.553. The van der Waals surface area contributed by atoms with Crippen LogP contribution in [0.4, 0.5) is 0 Å². The number of fused-ring (bicyclic) bond motifs is 4. The Balaban J connectivity index is 0.00000423. The number of aromatic hydroxyl groups is 1. The molecule has 0 aliphatic carbocycles. The molecule has 3 aromatic rings. The molecule has 1 aromatic heterocycles. The van der Waals surface area contributed by atoms with Crippen LogP contribution < -0.4 is 17.0 Å². The summed E-state index contributed by atoms with van der Waals surface area (Å²) in [4.78, 5) is 4.65. The maximum atomic E-state index is 10.5. The van der Waals surface area contributed by atoms with Gasteiger partial charge in [0.15, 0.2) is 0 Å². The maximum absolute atomic E-state index is 10.5. The summed E-state index contributed by atoms with van der Waals surface area (Å²) in [5, 5.41) is 11.5. The normalized spacial score (nSPS) is 24.5. The quantitative estimate of drug-likeness (QED) is 0.176. The number of hydrogen-bond donors (Lipinski definition) is 1. The van der Waals surface area contributed by atoms with Crippen LogP contribution in [0, 0.1) is 11.8 Å². The van der Waals surface area contributed by atoms with Gasteiger partial charge in [0.25, 0.3) is 0 Å². The average Bonchev–Trinajstić information content (AvgIpc) is 2.94. The van der Waals surface area contributed by atoms with E-state index in [9.17, 15) is 5.11 Å². The molecule has 234 valence electrons. The van der Waals surface area contributed by atoms with E-state index in [0.717, 1.165) is 66.5 Å². The third kappa shape index (κ3) is 7.05. The lowest BCUT2D eigenvalue weighted by Gasteiger charge is -2.58. The summed E-state index contributed by atoms with van der Waals surface area (Å²) in [6, 6.07) is 15.4. The Morgan fingerprint density at radius 3 is 2.37 bits per heavy atom. The van der Waals surface area contributed by atoms with E-state index in [1.165, 1.54) is 23.1 Å². The van der Waals surface area contributed by atoms with Gasteiger partial charge in [-0.15, -0.1) is 6.58 Å². The predicted molar refractivity (Wildman–Crippen MR) is 175 cm³/mol. The smallest absolute Gasteiger partial charge is 0.135 e. The molecule has 0 saturated carbocycles. The van der Waals surface area contributed by atoms with Gasteiger partial charge in [0.2, 0.25) is 0 Å². The van der Waals surface area contributed by atoms with Crippen molar-refractivity contribution >= 4 is 10.9 Å². The van der Waals surface area contributed by atoms with Crippen molar-refractivity contribution < 1.29 is 31.3 Å². The summed E-state index contributed by atoms with van der Waals surface area (Å²) in [5.41, 5.74) is 6.50. The molecule has 3 aliphatic rings. The van der Waals surface area contributed by atoms with Gasteiger partial charge in [0, 0.05) is 42.5 Å². The second-order valence-corrected chi connectivity index (χ2v) is 15.2. The van der Waals surface area contributed by atoms with Crippen LogP contribution in [0.1, 0.15) is 103 Å². The van der Waals surface area contributed by atoms with Crippen molar-refractivity contribution in [2.45, 2.75) is 104 Å². The Morgan fingerprint density at radius 1 is 1.05 bits per heavy atom. The molecule has 1 unspecified atom stereocenters. The number of phenols is 1. The van der Waals surface area contributed by atoms with E-state index < -0.39 is 0 Å². The lowest BCUT2D eigenvalue weighted by molar-refractivity contribution is -0.985. The summed E-state index contributed by atoms with van der Waals surface area (Å²) >= 11 is 0. The first-order chi connectivity index (χ1) is 19.8. The van der Waals surface area contributed by atoms with Gasteiger partial charge in [0.1, 0.15) is 24.4 Å². The number of quaternary nitrogens is 1. The second-order valence-electron chi connectivity index (χ2n) is 15.2. The number of ether oxygens (including phenoxy) is 1. The first-order valence-electron chi connectivity index (χ1n) is 16.2. The van der Waals surface area contributed by atoms with E-state index in [4.69, 9.17) is 4.74 Å². The van der Waals surface area contributed by atoms with Crippen LogP contribution in [0.2, 0.25) is 0 Å². The Hall–Kier alpha value is -2.21. The number of nitrogens with zero attached hydrogens (tertiary/aromatic N) is 2. The molecule has 43 heavy (non-hydrogen) atoms. The number of pyridine rings is 1. The third-order valence-corrected chi connectivity index (χ3v) is 10.1. The molecular weight excluding hydrogens is 596 g/mol. The summed E-state index contributed by atoms with van der Waals surface area (Å²) in [7, 11) is 0. The number of rotatable bonds is 9. The molecule has 0 radical (unpaired) electrons. The number of piperidine rings is 3. The van der Waals surface area contributed by atoms with Gasteiger partial charge in [0.05, 0.1) is 18.6 Å². The SMILES string of the molecule is C=C[C@H]1C[N+]2(Cc3cc(C(C)(C)C)cc(C(C)(C)C)c3)CC[C@H]1C[C@@H]2[C@@H](OCCCC)c1ccnc2ccc(O)cc12.[Br-]. The van der Waals surface area contributed by atoms with E-state index in [1.807, 2.05) is 18.3 Å². The Bertz CT molecular complexity index is 1390. The van der Waals surface area contributed by atoms with Crippen LogP contribution in [-0.4, -0.2) is 40.3 Å². The molecule has 3 aliphatic heterocycles. The van der Waals surface area contributed by atoms with Crippen molar-refractivity contribution in [3.05, 3.63) is 83.6 Å². The highest BCUT2D eigenvalue weighted by atomic mass is 79.9.